The Kier molecular flexibility index (Phi) is 5.77. The zero-order valence-corrected chi connectivity index (χ0v) is 11.7. The molecule has 1 aliphatic rings. The molecule has 1 heterocycles. The van der Waals surface area contributed by atoms with Crippen molar-refractivity contribution < 1.29 is 0 Å². The summed E-state index contributed by atoms with van der Waals surface area (Å²) in [7, 11) is 2.23. The standard InChI is InChI=1S/C14H30N2/c1-5-6-7-13(2)15-12-14(3)8-10-16(4)11-9-14/h13,15H,5-12H2,1-4H3. The fraction of sp³-hybridized carbons (Fsp3) is 1.00. The van der Waals surface area contributed by atoms with Crippen LogP contribution in [0.2, 0.25) is 0 Å². The van der Waals surface area contributed by atoms with Crippen LogP contribution in [0.4, 0.5) is 0 Å². The molecule has 0 spiro atoms. The number of hydrogen-bond acceptors (Lipinski definition) is 2. The minimum Gasteiger partial charge on any atom is -0.314 e. The van der Waals surface area contributed by atoms with E-state index in [0.717, 1.165) is 0 Å². The Balaban J connectivity index is 2.20. The van der Waals surface area contributed by atoms with Gasteiger partial charge < -0.3 is 10.2 Å². The smallest absolute Gasteiger partial charge is 0.00389 e. The van der Waals surface area contributed by atoms with E-state index in [9.17, 15) is 0 Å². The molecule has 0 aromatic carbocycles. The number of rotatable bonds is 6. The zero-order chi connectivity index (χ0) is 12.0. The summed E-state index contributed by atoms with van der Waals surface area (Å²) in [6.07, 6.45) is 6.68. The minimum absolute atomic E-state index is 0.535. The van der Waals surface area contributed by atoms with Gasteiger partial charge in [-0.3, -0.25) is 0 Å². The van der Waals surface area contributed by atoms with E-state index in [-0.39, 0.29) is 0 Å². The van der Waals surface area contributed by atoms with E-state index in [1.165, 1.54) is 51.7 Å². The first-order valence-electron chi connectivity index (χ1n) is 6.98. The first-order chi connectivity index (χ1) is 7.56. The molecule has 0 aromatic heterocycles. The van der Waals surface area contributed by atoms with Crippen LogP contribution in [0.1, 0.15) is 52.9 Å². The van der Waals surface area contributed by atoms with E-state index < -0.39 is 0 Å². The average molecular weight is 226 g/mol. The maximum atomic E-state index is 3.72. The van der Waals surface area contributed by atoms with E-state index in [1.54, 1.807) is 0 Å². The molecular weight excluding hydrogens is 196 g/mol. The molecule has 96 valence electrons. The molecule has 1 unspecified atom stereocenters. The summed E-state index contributed by atoms with van der Waals surface area (Å²) < 4.78 is 0. The van der Waals surface area contributed by atoms with E-state index in [4.69, 9.17) is 0 Å². The van der Waals surface area contributed by atoms with E-state index in [2.05, 4.69) is 38.0 Å². The molecule has 0 aromatic rings. The predicted molar refractivity (Wildman–Crippen MR) is 71.8 cm³/mol. The molecule has 1 saturated heterocycles. The monoisotopic (exact) mass is 226 g/mol. The fourth-order valence-electron chi connectivity index (χ4n) is 2.37. The van der Waals surface area contributed by atoms with Crippen molar-refractivity contribution in [3.63, 3.8) is 0 Å². The number of piperidine rings is 1. The van der Waals surface area contributed by atoms with Gasteiger partial charge >= 0.3 is 0 Å². The highest BCUT2D eigenvalue weighted by Crippen LogP contribution is 2.29. The molecule has 0 aliphatic carbocycles. The van der Waals surface area contributed by atoms with Gasteiger partial charge in [0.1, 0.15) is 0 Å². The molecule has 0 saturated carbocycles. The number of nitrogens with zero attached hydrogens (tertiary/aromatic N) is 1. The van der Waals surface area contributed by atoms with Crippen molar-refractivity contribution in [2.24, 2.45) is 5.41 Å². The van der Waals surface area contributed by atoms with Gasteiger partial charge in [-0.15, -0.1) is 0 Å². The molecule has 1 aliphatic heterocycles. The summed E-state index contributed by atoms with van der Waals surface area (Å²) in [6.45, 7) is 10.8. The van der Waals surface area contributed by atoms with Crippen molar-refractivity contribution in [1.29, 1.82) is 0 Å². The first kappa shape index (κ1) is 14.0. The van der Waals surface area contributed by atoms with Crippen molar-refractivity contribution >= 4 is 0 Å². The molecule has 2 nitrogen and oxygen atoms in total. The SMILES string of the molecule is CCCCC(C)NCC1(C)CCN(C)CC1. The third-order valence-electron chi connectivity index (χ3n) is 4.06. The molecule has 0 bridgehead atoms. The number of hydrogen-bond donors (Lipinski definition) is 1. The van der Waals surface area contributed by atoms with Crippen LogP contribution in [0.5, 0.6) is 0 Å². The topological polar surface area (TPSA) is 15.3 Å². The van der Waals surface area contributed by atoms with Gasteiger partial charge in [-0.25, -0.2) is 0 Å². The number of unbranched alkanes of at least 4 members (excludes halogenated alkanes) is 1. The second kappa shape index (κ2) is 6.61. The maximum Gasteiger partial charge on any atom is 0.00389 e. The molecule has 0 amide bonds. The molecule has 1 N–H and O–H groups in total. The van der Waals surface area contributed by atoms with E-state index >= 15 is 0 Å². The van der Waals surface area contributed by atoms with Gasteiger partial charge in [0.05, 0.1) is 0 Å². The van der Waals surface area contributed by atoms with Crippen molar-refractivity contribution in [1.82, 2.24) is 10.2 Å². The van der Waals surface area contributed by atoms with Crippen LogP contribution < -0.4 is 5.32 Å². The van der Waals surface area contributed by atoms with Gasteiger partial charge in [0.25, 0.3) is 0 Å². The minimum atomic E-state index is 0.535. The number of likely N-dealkylation sites (tertiary alicyclic amines) is 1. The quantitative estimate of drug-likeness (QED) is 0.749. The maximum absolute atomic E-state index is 3.72. The first-order valence-corrected chi connectivity index (χ1v) is 6.98. The van der Waals surface area contributed by atoms with Gasteiger partial charge in [-0.2, -0.15) is 0 Å². The second-order valence-electron chi connectivity index (χ2n) is 6.04. The Morgan fingerprint density at radius 3 is 2.50 bits per heavy atom. The second-order valence-corrected chi connectivity index (χ2v) is 6.04. The molecule has 16 heavy (non-hydrogen) atoms. The van der Waals surface area contributed by atoms with Crippen LogP contribution >= 0.6 is 0 Å². The molecule has 0 radical (unpaired) electrons. The van der Waals surface area contributed by atoms with E-state index in [1.807, 2.05) is 0 Å². The molecule has 1 fully saturated rings. The summed E-state index contributed by atoms with van der Waals surface area (Å²) in [5.74, 6) is 0. The highest BCUT2D eigenvalue weighted by atomic mass is 15.1. The van der Waals surface area contributed by atoms with Gasteiger partial charge in [-0.05, 0) is 51.7 Å². The summed E-state index contributed by atoms with van der Waals surface area (Å²) in [4.78, 5) is 2.45. The average Bonchev–Trinajstić information content (AvgIpc) is 2.28. The van der Waals surface area contributed by atoms with Crippen molar-refractivity contribution in [3.05, 3.63) is 0 Å². The van der Waals surface area contributed by atoms with Crippen molar-refractivity contribution in [2.45, 2.75) is 58.9 Å². The fourth-order valence-corrected chi connectivity index (χ4v) is 2.37. The predicted octanol–water partition coefficient (Wildman–Crippen LogP) is 2.89. The third kappa shape index (κ3) is 4.84. The van der Waals surface area contributed by atoms with Gasteiger partial charge in [0, 0.05) is 12.6 Å². The van der Waals surface area contributed by atoms with Crippen molar-refractivity contribution in [3.8, 4) is 0 Å². The molecule has 1 rings (SSSR count). The van der Waals surface area contributed by atoms with Crippen LogP contribution in [0, 0.1) is 5.41 Å². The Morgan fingerprint density at radius 2 is 1.94 bits per heavy atom. The lowest BCUT2D eigenvalue weighted by Gasteiger charge is -2.38. The Hall–Kier alpha value is -0.0800. The lowest BCUT2D eigenvalue weighted by molar-refractivity contribution is 0.133. The summed E-state index contributed by atoms with van der Waals surface area (Å²) in [5, 5.41) is 3.72. The normalized spacial score (nSPS) is 23.2. The van der Waals surface area contributed by atoms with Crippen molar-refractivity contribution in [2.75, 3.05) is 26.7 Å². The Bertz CT molecular complexity index is 183. The lowest BCUT2D eigenvalue weighted by Crippen LogP contribution is -2.44. The molecular formula is C14H30N2. The van der Waals surface area contributed by atoms with E-state index in [0.29, 0.717) is 11.5 Å². The third-order valence-corrected chi connectivity index (χ3v) is 4.06. The summed E-state index contributed by atoms with van der Waals surface area (Å²) >= 11 is 0. The van der Waals surface area contributed by atoms with Gasteiger partial charge in [-0.1, -0.05) is 26.7 Å². The van der Waals surface area contributed by atoms with Crippen LogP contribution in [-0.2, 0) is 0 Å². The van der Waals surface area contributed by atoms with Crippen LogP contribution in [0.15, 0.2) is 0 Å². The Labute approximate surface area is 102 Å². The summed E-state index contributed by atoms with van der Waals surface area (Å²) in [5.41, 5.74) is 0.535. The van der Waals surface area contributed by atoms with Gasteiger partial charge in [0.2, 0.25) is 0 Å². The number of nitrogens with one attached hydrogen (secondary N) is 1. The van der Waals surface area contributed by atoms with Crippen LogP contribution in [0.25, 0.3) is 0 Å². The molecule has 2 heteroatoms. The van der Waals surface area contributed by atoms with Crippen LogP contribution in [0.3, 0.4) is 0 Å². The highest BCUT2D eigenvalue weighted by Gasteiger charge is 2.28. The lowest BCUT2D eigenvalue weighted by atomic mass is 9.80. The van der Waals surface area contributed by atoms with Gasteiger partial charge in [0.15, 0.2) is 0 Å². The summed E-state index contributed by atoms with van der Waals surface area (Å²) in [6, 6.07) is 0.691. The zero-order valence-electron chi connectivity index (χ0n) is 11.7. The Morgan fingerprint density at radius 1 is 1.31 bits per heavy atom. The highest BCUT2D eigenvalue weighted by molar-refractivity contribution is 4.84. The molecule has 1 atom stereocenters. The largest absolute Gasteiger partial charge is 0.314 e. The van der Waals surface area contributed by atoms with Crippen LogP contribution in [-0.4, -0.2) is 37.6 Å².